The molecule has 0 aromatic carbocycles. The number of rotatable bonds is 1. The van der Waals surface area contributed by atoms with Crippen molar-refractivity contribution in [3.8, 4) is 0 Å². The van der Waals surface area contributed by atoms with Crippen LogP contribution in [0.15, 0.2) is 10.1 Å². The maximum Gasteiger partial charge on any atom is 0.122 e. The van der Waals surface area contributed by atoms with Crippen molar-refractivity contribution in [2.75, 3.05) is 6.61 Å². The van der Waals surface area contributed by atoms with E-state index in [1.165, 1.54) is 6.42 Å². The average Bonchev–Trinajstić information content (AvgIpc) is 2.58. The Bertz CT molecular complexity index is 198. The molecule has 0 bridgehead atoms. The van der Waals surface area contributed by atoms with E-state index in [-0.39, 0.29) is 0 Å². The molecule has 2 heterocycles. The van der Waals surface area contributed by atoms with Crippen molar-refractivity contribution < 1.29 is 4.84 Å². The highest BCUT2D eigenvalue weighted by Crippen LogP contribution is 2.15. The first kappa shape index (κ1) is 6.83. The minimum Gasteiger partial charge on any atom is -0.395 e. The van der Waals surface area contributed by atoms with E-state index in [4.69, 9.17) is 4.84 Å². The van der Waals surface area contributed by atoms with E-state index >= 15 is 0 Å². The molecule has 2 aliphatic heterocycles. The van der Waals surface area contributed by atoms with Crippen molar-refractivity contribution >= 4 is 11.9 Å². The number of aliphatic imine (C=N–C) groups is 1. The Kier molecular flexibility index (Phi) is 1.88. The van der Waals surface area contributed by atoms with E-state index in [1.807, 2.05) is 6.21 Å². The highest BCUT2D eigenvalue weighted by Gasteiger charge is 2.20. The summed E-state index contributed by atoms with van der Waals surface area (Å²) in [6, 6.07) is 0.339. The Labute approximate surface area is 66.1 Å². The third-order valence-electron chi connectivity index (χ3n) is 2.11. The summed E-state index contributed by atoms with van der Waals surface area (Å²) >= 11 is 0. The zero-order valence-electron chi connectivity index (χ0n) is 6.49. The van der Waals surface area contributed by atoms with Crippen LogP contribution in [0.5, 0.6) is 0 Å². The summed E-state index contributed by atoms with van der Waals surface area (Å²) in [5, 5.41) is 3.96. The van der Waals surface area contributed by atoms with Gasteiger partial charge in [0.05, 0.1) is 11.8 Å². The van der Waals surface area contributed by atoms with Gasteiger partial charge in [-0.1, -0.05) is 5.16 Å². The fourth-order valence-electron chi connectivity index (χ4n) is 1.48. The number of hydrogen-bond acceptors (Lipinski definition) is 3. The molecule has 60 valence electrons. The third-order valence-corrected chi connectivity index (χ3v) is 2.11. The minimum atomic E-state index is 0.339. The summed E-state index contributed by atoms with van der Waals surface area (Å²) in [4.78, 5) is 9.30. The van der Waals surface area contributed by atoms with Crippen LogP contribution in [-0.2, 0) is 4.84 Å². The average molecular weight is 152 g/mol. The Morgan fingerprint density at radius 1 is 1.55 bits per heavy atom. The molecule has 0 spiro atoms. The van der Waals surface area contributed by atoms with Gasteiger partial charge in [-0.3, -0.25) is 4.99 Å². The van der Waals surface area contributed by atoms with Crippen molar-refractivity contribution in [2.45, 2.75) is 31.7 Å². The van der Waals surface area contributed by atoms with Crippen molar-refractivity contribution in [3.05, 3.63) is 0 Å². The van der Waals surface area contributed by atoms with Crippen LogP contribution in [0.2, 0.25) is 0 Å². The summed E-state index contributed by atoms with van der Waals surface area (Å²) in [5.41, 5.74) is 1.14. The van der Waals surface area contributed by atoms with E-state index in [0.29, 0.717) is 6.04 Å². The van der Waals surface area contributed by atoms with E-state index in [2.05, 4.69) is 10.1 Å². The van der Waals surface area contributed by atoms with E-state index in [9.17, 15) is 0 Å². The van der Waals surface area contributed by atoms with Crippen molar-refractivity contribution in [3.63, 3.8) is 0 Å². The van der Waals surface area contributed by atoms with Crippen LogP contribution in [0.1, 0.15) is 25.7 Å². The van der Waals surface area contributed by atoms with Crippen LogP contribution in [-0.4, -0.2) is 24.6 Å². The van der Waals surface area contributed by atoms with Gasteiger partial charge in [-0.15, -0.1) is 0 Å². The molecular formula is C8H12N2O. The third kappa shape index (κ3) is 1.42. The van der Waals surface area contributed by atoms with E-state index in [1.54, 1.807) is 0 Å². The standard InChI is InChI=1S/C8H12N2O/c1-2-5-9-7(3-1)8-4-6-11-10-8/h5,7H,1-4,6H2. The Morgan fingerprint density at radius 2 is 2.55 bits per heavy atom. The fraction of sp³-hybridized carbons (Fsp3) is 0.750. The second-order valence-electron chi connectivity index (χ2n) is 2.94. The van der Waals surface area contributed by atoms with E-state index < -0.39 is 0 Å². The lowest BCUT2D eigenvalue weighted by molar-refractivity contribution is 0.173. The van der Waals surface area contributed by atoms with Crippen molar-refractivity contribution in [1.29, 1.82) is 0 Å². The predicted molar refractivity (Wildman–Crippen MR) is 44.1 cm³/mol. The van der Waals surface area contributed by atoms with Crippen LogP contribution in [0, 0.1) is 0 Å². The van der Waals surface area contributed by atoms with Crippen LogP contribution in [0.4, 0.5) is 0 Å². The molecule has 0 amide bonds. The molecule has 2 aliphatic rings. The number of oxime groups is 1. The van der Waals surface area contributed by atoms with Crippen LogP contribution < -0.4 is 0 Å². The topological polar surface area (TPSA) is 34.0 Å². The Morgan fingerprint density at radius 3 is 3.18 bits per heavy atom. The molecule has 1 atom stereocenters. The molecule has 0 radical (unpaired) electrons. The summed E-state index contributed by atoms with van der Waals surface area (Å²) in [6.07, 6.45) is 6.51. The lowest BCUT2D eigenvalue weighted by Crippen LogP contribution is -2.19. The smallest absolute Gasteiger partial charge is 0.122 e. The van der Waals surface area contributed by atoms with Crippen molar-refractivity contribution in [1.82, 2.24) is 0 Å². The zero-order valence-corrected chi connectivity index (χ0v) is 6.49. The number of nitrogens with zero attached hydrogens (tertiary/aromatic N) is 2. The largest absolute Gasteiger partial charge is 0.395 e. The highest BCUT2D eigenvalue weighted by molar-refractivity contribution is 5.91. The van der Waals surface area contributed by atoms with Gasteiger partial charge in [0, 0.05) is 6.42 Å². The predicted octanol–water partition coefficient (Wildman–Crippen LogP) is 1.39. The van der Waals surface area contributed by atoms with Crippen molar-refractivity contribution in [2.24, 2.45) is 10.1 Å². The molecule has 0 aromatic rings. The quantitative estimate of drug-likeness (QED) is 0.559. The monoisotopic (exact) mass is 152 g/mol. The maximum atomic E-state index is 4.92. The Hall–Kier alpha value is -0.860. The van der Waals surface area contributed by atoms with Gasteiger partial charge in [0.15, 0.2) is 0 Å². The van der Waals surface area contributed by atoms with Crippen LogP contribution in [0.25, 0.3) is 0 Å². The molecule has 0 aromatic heterocycles. The first-order valence-corrected chi connectivity index (χ1v) is 4.17. The molecular weight excluding hydrogens is 140 g/mol. The van der Waals surface area contributed by atoms with Crippen LogP contribution in [0.3, 0.4) is 0 Å². The summed E-state index contributed by atoms with van der Waals surface area (Å²) in [7, 11) is 0. The molecule has 2 rings (SSSR count). The van der Waals surface area contributed by atoms with Gasteiger partial charge in [0.1, 0.15) is 6.61 Å². The maximum absolute atomic E-state index is 4.92. The lowest BCUT2D eigenvalue weighted by Gasteiger charge is -2.13. The van der Waals surface area contributed by atoms with Gasteiger partial charge < -0.3 is 4.84 Å². The van der Waals surface area contributed by atoms with Gasteiger partial charge in [-0.05, 0) is 25.5 Å². The van der Waals surface area contributed by atoms with Gasteiger partial charge in [-0.25, -0.2) is 0 Å². The molecule has 0 aliphatic carbocycles. The van der Waals surface area contributed by atoms with E-state index in [0.717, 1.165) is 31.6 Å². The van der Waals surface area contributed by atoms with Gasteiger partial charge >= 0.3 is 0 Å². The van der Waals surface area contributed by atoms with Gasteiger partial charge in [-0.2, -0.15) is 0 Å². The zero-order chi connectivity index (χ0) is 7.52. The molecule has 0 saturated heterocycles. The summed E-state index contributed by atoms with van der Waals surface area (Å²) in [6.45, 7) is 0.751. The second kappa shape index (κ2) is 3.03. The lowest BCUT2D eigenvalue weighted by atomic mass is 10.0. The highest BCUT2D eigenvalue weighted by atomic mass is 16.6. The minimum absolute atomic E-state index is 0.339. The molecule has 0 fully saturated rings. The van der Waals surface area contributed by atoms with Gasteiger partial charge in [0.25, 0.3) is 0 Å². The SMILES string of the molecule is C1=NC(C2=NOCC2)CCC1. The number of hydrogen-bond donors (Lipinski definition) is 0. The van der Waals surface area contributed by atoms with Crippen LogP contribution >= 0.6 is 0 Å². The normalized spacial score (nSPS) is 29.8. The molecule has 0 saturated carbocycles. The van der Waals surface area contributed by atoms with Gasteiger partial charge in [0.2, 0.25) is 0 Å². The Balaban J connectivity index is 2.02. The molecule has 0 N–H and O–H groups in total. The molecule has 1 unspecified atom stereocenters. The summed E-state index contributed by atoms with van der Waals surface area (Å²) < 4.78 is 0. The molecule has 3 nitrogen and oxygen atoms in total. The molecule has 3 heteroatoms. The first-order chi connectivity index (χ1) is 5.47. The second-order valence-corrected chi connectivity index (χ2v) is 2.94. The fourth-order valence-corrected chi connectivity index (χ4v) is 1.48. The summed E-state index contributed by atoms with van der Waals surface area (Å²) in [5.74, 6) is 0. The molecule has 11 heavy (non-hydrogen) atoms. The first-order valence-electron chi connectivity index (χ1n) is 4.17.